The lowest BCUT2D eigenvalue weighted by Gasteiger charge is -2.40. The number of nitrogens with zero attached hydrogens (tertiary/aromatic N) is 3. The molecule has 10 nitrogen and oxygen atoms in total. The number of aromatic nitrogens is 1. The maximum atomic E-state index is 14.0. The molecule has 0 radical (unpaired) electrons. The number of amides is 3. The van der Waals surface area contributed by atoms with E-state index in [2.05, 4.69) is 24.1 Å². The normalized spacial score (nSPS) is 19.6. The molecular weight excluding hydrogens is 602 g/mol. The zero-order valence-electron chi connectivity index (χ0n) is 28.8. The Bertz CT molecular complexity index is 1230. The molecule has 256 valence electrons. The summed E-state index contributed by atoms with van der Waals surface area (Å²) in [5.74, 6) is -0.824. The molecule has 0 spiro atoms. The number of nitrogens with two attached hydrogens (primary N) is 1. The number of nitrogens with one attached hydrogen (secondary N) is 1. The molecule has 0 aliphatic carbocycles. The van der Waals surface area contributed by atoms with Crippen LogP contribution in [0.1, 0.15) is 76.9 Å². The number of hydrogen-bond donors (Lipinski definition) is 2. The van der Waals surface area contributed by atoms with Crippen molar-refractivity contribution >= 4 is 29.1 Å². The van der Waals surface area contributed by atoms with Crippen molar-refractivity contribution in [3.8, 4) is 0 Å². The third-order valence-corrected chi connectivity index (χ3v) is 10.5. The van der Waals surface area contributed by atoms with Crippen LogP contribution in [0.3, 0.4) is 0 Å². The van der Waals surface area contributed by atoms with Crippen molar-refractivity contribution in [2.75, 3.05) is 27.8 Å². The molecule has 2 aromatic rings. The topological polar surface area (TPSA) is 127 Å². The van der Waals surface area contributed by atoms with E-state index in [-0.39, 0.29) is 54.1 Å². The van der Waals surface area contributed by atoms with Gasteiger partial charge in [-0.3, -0.25) is 14.4 Å². The van der Waals surface area contributed by atoms with E-state index in [1.807, 2.05) is 61.4 Å². The lowest BCUT2D eigenvalue weighted by Crippen LogP contribution is -2.56. The number of hydrogen-bond acceptors (Lipinski definition) is 8. The summed E-state index contributed by atoms with van der Waals surface area (Å²) >= 11 is 1.51. The van der Waals surface area contributed by atoms with Crippen LogP contribution in [-0.4, -0.2) is 90.7 Å². The highest BCUT2D eigenvalue weighted by molar-refractivity contribution is 7.09. The fraction of sp³-hybridized carbons (Fsp3) is 0.657. The first-order chi connectivity index (χ1) is 21.9. The summed E-state index contributed by atoms with van der Waals surface area (Å²) in [7, 11) is 4.95. The Morgan fingerprint density at radius 3 is 2.39 bits per heavy atom. The van der Waals surface area contributed by atoms with Gasteiger partial charge in [0.2, 0.25) is 17.7 Å². The van der Waals surface area contributed by atoms with Crippen molar-refractivity contribution < 1.29 is 23.9 Å². The van der Waals surface area contributed by atoms with Crippen LogP contribution in [-0.2, 0) is 30.3 Å². The van der Waals surface area contributed by atoms with E-state index in [1.165, 1.54) is 11.3 Å². The van der Waals surface area contributed by atoms with Gasteiger partial charge in [0.15, 0.2) is 0 Å². The average Bonchev–Trinajstić information content (AvgIpc) is 3.77. The zero-order chi connectivity index (χ0) is 34.0. The van der Waals surface area contributed by atoms with E-state index in [1.54, 1.807) is 32.4 Å². The summed E-state index contributed by atoms with van der Waals surface area (Å²) in [6, 6.07) is 8.53. The molecule has 1 aromatic carbocycles. The van der Waals surface area contributed by atoms with Crippen molar-refractivity contribution in [3.63, 3.8) is 0 Å². The number of likely N-dealkylation sites (N-methyl/N-ethyl adjacent to an activating group) is 1. The largest absolute Gasteiger partial charge is 0.379 e. The molecule has 1 saturated heterocycles. The quantitative estimate of drug-likeness (QED) is 0.258. The Kier molecular flexibility index (Phi) is 14.6. The lowest BCUT2D eigenvalue weighted by atomic mass is 9.89. The van der Waals surface area contributed by atoms with E-state index in [4.69, 9.17) is 15.2 Å². The van der Waals surface area contributed by atoms with E-state index in [0.29, 0.717) is 13.0 Å². The van der Waals surface area contributed by atoms with Crippen LogP contribution in [0.2, 0.25) is 0 Å². The molecule has 3 rings (SSSR count). The van der Waals surface area contributed by atoms with Crippen molar-refractivity contribution in [2.45, 2.75) is 103 Å². The molecule has 1 fully saturated rings. The van der Waals surface area contributed by atoms with E-state index in [9.17, 15) is 14.4 Å². The first-order valence-corrected chi connectivity index (χ1v) is 17.4. The predicted molar refractivity (Wildman–Crippen MR) is 182 cm³/mol. The SMILES string of the molecule is CC[C@H](C)C([C@H](CC(=O)N1CCC[C@H]1[C@H](OC)[C@@H](C)C(=O)N[C@@H](Cc1ccccc1)c1nccs1)OC)N(C)C(=O)[C@@H](N)C(C)C. The Labute approximate surface area is 279 Å². The molecule has 1 aliphatic heterocycles. The molecular formula is C35H55N5O5S. The van der Waals surface area contributed by atoms with Gasteiger partial charge in [-0.25, -0.2) is 4.98 Å². The number of likely N-dealkylation sites (tertiary alicyclic amines) is 1. The van der Waals surface area contributed by atoms with Crippen molar-refractivity contribution in [1.29, 1.82) is 0 Å². The molecule has 1 aliphatic rings. The van der Waals surface area contributed by atoms with Gasteiger partial charge in [-0.2, -0.15) is 0 Å². The number of carbonyl (C=O) groups excluding carboxylic acids is 3. The van der Waals surface area contributed by atoms with Gasteiger partial charge in [0.1, 0.15) is 5.01 Å². The van der Waals surface area contributed by atoms with Gasteiger partial charge in [0.05, 0.1) is 48.7 Å². The van der Waals surface area contributed by atoms with Gasteiger partial charge in [0.25, 0.3) is 0 Å². The molecule has 3 amide bonds. The lowest BCUT2D eigenvalue weighted by molar-refractivity contribution is -0.146. The third-order valence-electron chi connectivity index (χ3n) is 9.61. The van der Waals surface area contributed by atoms with Crippen LogP contribution < -0.4 is 11.1 Å². The number of benzene rings is 1. The van der Waals surface area contributed by atoms with E-state index >= 15 is 0 Å². The highest BCUT2D eigenvalue weighted by atomic mass is 32.1. The molecule has 8 atom stereocenters. The summed E-state index contributed by atoms with van der Waals surface area (Å²) in [5.41, 5.74) is 7.35. The minimum Gasteiger partial charge on any atom is -0.379 e. The molecule has 11 heteroatoms. The zero-order valence-corrected chi connectivity index (χ0v) is 29.7. The summed E-state index contributed by atoms with van der Waals surface area (Å²) in [5, 5.41) is 5.98. The first-order valence-electron chi connectivity index (χ1n) is 16.6. The molecule has 46 heavy (non-hydrogen) atoms. The van der Waals surface area contributed by atoms with Gasteiger partial charge >= 0.3 is 0 Å². The molecule has 0 saturated carbocycles. The van der Waals surface area contributed by atoms with Gasteiger partial charge < -0.3 is 30.3 Å². The summed E-state index contributed by atoms with van der Waals surface area (Å²) in [6.45, 7) is 10.4. The monoisotopic (exact) mass is 657 g/mol. The molecule has 0 bridgehead atoms. The molecule has 1 aromatic heterocycles. The van der Waals surface area contributed by atoms with Gasteiger partial charge in [-0.15, -0.1) is 11.3 Å². The van der Waals surface area contributed by atoms with Crippen molar-refractivity contribution in [2.24, 2.45) is 23.5 Å². The third kappa shape index (κ3) is 9.36. The number of thiazole rings is 1. The van der Waals surface area contributed by atoms with Crippen molar-refractivity contribution in [3.05, 3.63) is 52.5 Å². The standard InChI is InChI=1S/C35H55N5O5S/c1-9-23(4)31(39(6)35(43)30(36)22(2)3)28(44-7)21-29(41)40-18-13-16-27(40)32(45-8)24(5)33(42)38-26(34-37-17-19-46-34)20-25-14-11-10-12-15-25/h10-12,14-15,17,19,22-24,26-28,30-32H,9,13,16,18,20-21,36H2,1-8H3,(H,38,42)/t23-,24+,26-,27-,28-,30-,31?,32+/m0/s1. The van der Waals surface area contributed by atoms with Crippen LogP contribution in [0.5, 0.6) is 0 Å². The van der Waals surface area contributed by atoms with Crippen LogP contribution in [0.4, 0.5) is 0 Å². The second-order valence-electron chi connectivity index (χ2n) is 13.0. The van der Waals surface area contributed by atoms with Crippen LogP contribution in [0.15, 0.2) is 41.9 Å². The highest BCUT2D eigenvalue weighted by Gasteiger charge is 2.42. The number of ether oxygens (including phenoxy) is 2. The summed E-state index contributed by atoms with van der Waals surface area (Å²) in [6.07, 6.45) is 3.81. The molecule has 1 unspecified atom stereocenters. The minimum atomic E-state index is -0.634. The first kappa shape index (κ1) is 37.6. The maximum absolute atomic E-state index is 14.0. The number of carbonyl (C=O) groups is 3. The second-order valence-corrected chi connectivity index (χ2v) is 13.9. The van der Waals surface area contributed by atoms with Crippen LogP contribution >= 0.6 is 11.3 Å². The predicted octanol–water partition coefficient (Wildman–Crippen LogP) is 4.45. The number of methoxy groups -OCH3 is 2. The molecule has 3 N–H and O–H groups in total. The van der Waals surface area contributed by atoms with Gasteiger partial charge in [0, 0.05) is 39.4 Å². The van der Waals surface area contributed by atoms with E-state index < -0.39 is 24.2 Å². The number of rotatable bonds is 17. The average molecular weight is 658 g/mol. The van der Waals surface area contributed by atoms with Crippen molar-refractivity contribution in [1.82, 2.24) is 20.1 Å². The van der Waals surface area contributed by atoms with Gasteiger partial charge in [-0.1, -0.05) is 71.4 Å². The Morgan fingerprint density at radius 2 is 1.83 bits per heavy atom. The second kappa shape index (κ2) is 17.9. The summed E-state index contributed by atoms with van der Waals surface area (Å²) < 4.78 is 11.9. The fourth-order valence-corrected chi connectivity index (χ4v) is 7.28. The van der Waals surface area contributed by atoms with Crippen LogP contribution in [0.25, 0.3) is 0 Å². The fourth-order valence-electron chi connectivity index (χ4n) is 6.59. The Balaban J connectivity index is 1.75. The Morgan fingerprint density at radius 1 is 1.13 bits per heavy atom. The Hall–Kier alpha value is -2.86. The smallest absolute Gasteiger partial charge is 0.239 e. The van der Waals surface area contributed by atoms with E-state index in [0.717, 1.165) is 29.8 Å². The highest BCUT2D eigenvalue weighted by Crippen LogP contribution is 2.30. The maximum Gasteiger partial charge on any atom is 0.239 e. The van der Waals surface area contributed by atoms with Crippen LogP contribution in [0, 0.1) is 17.8 Å². The minimum absolute atomic E-state index is 0.0131. The summed E-state index contributed by atoms with van der Waals surface area (Å²) in [4.78, 5) is 49.0. The molecule has 2 heterocycles. The van der Waals surface area contributed by atoms with Gasteiger partial charge in [-0.05, 0) is 36.7 Å².